The fourth-order valence-electron chi connectivity index (χ4n) is 2.16. The van der Waals surface area contributed by atoms with Crippen LogP contribution in [0.2, 0.25) is 0 Å². The fourth-order valence-corrected chi connectivity index (χ4v) is 2.44. The minimum absolute atomic E-state index is 0.0865. The van der Waals surface area contributed by atoms with Crippen LogP contribution in [-0.2, 0) is 14.9 Å². The van der Waals surface area contributed by atoms with E-state index < -0.39 is 0 Å². The molecule has 0 bridgehead atoms. The zero-order valence-electron chi connectivity index (χ0n) is 12.6. The number of hydrogen-bond acceptors (Lipinski definition) is 3. The Morgan fingerprint density at radius 3 is 2.47 bits per heavy atom. The van der Waals surface area contributed by atoms with Gasteiger partial charge in [0.15, 0.2) is 4.77 Å². The molecule has 19 heavy (non-hydrogen) atoms. The van der Waals surface area contributed by atoms with E-state index in [0.29, 0.717) is 17.1 Å². The van der Waals surface area contributed by atoms with Crippen LogP contribution in [0.15, 0.2) is 6.20 Å². The highest BCUT2D eigenvalue weighted by Gasteiger charge is 2.29. The van der Waals surface area contributed by atoms with Crippen molar-refractivity contribution in [2.24, 2.45) is 5.92 Å². The van der Waals surface area contributed by atoms with Crippen molar-refractivity contribution in [1.29, 1.82) is 0 Å². The maximum atomic E-state index is 12.1. The molecule has 1 aromatic rings. The van der Waals surface area contributed by atoms with Crippen LogP contribution in [0.1, 0.15) is 52.8 Å². The third-order valence-electron chi connectivity index (χ3n) is 3.06. The summed E-state index contributed by atoms with van der Waals surface area (Å²) in [6.45, 7) is 10.5. The summed E-state index contributed by atoms with van der Waals surface area (Å²) in [5.74, 6) is 0.142. The third-order valence-corrected chi connectivity index (χ3v) is 3.37. The molecule has 0 saturated heterocycles. The van der Waals surface area contributed by atoms with Gasteiger partial charge in [-0.15, -0.1) is 0 Å². The first-order valence-corrected chi connectivity index (χ1v) is 6.97. The second-order valence-corrected chi connectivity index (χ2v) is 6.65. The number of nitrogens with one attached hydrogen (secondary N) is 1. The standard InChI is InChI=1S/C14H24N2O2S/c1-9(2)7-10(12(17)18-6)16-11(14(3,4)5)8-15-13(16)19/h8-10H,7H2,1-6H3,(H,15,19). The Morgan fingerprint density at radius 1 is 1.47 bits per heavy atom. The number of aromatic nitrogens is 2. The normalized spacial score (nSPS) is 13.6. The van der Waals surface area contributed by atoms with Crippen LogP contribution >= 0.6 is 12.2 Å². The summed E-state index contributed by atoms with van der Waals surface area (Å²) in [5.41, 5.74) is 0.935. The highest BCUT2D eigenvalue weighted by Crippen LogP contribution is 2.28. The fraction of sp³-hybridized carbons (Fsp3) is 0.714. The van der Waals surface area contributed by atoms with Gasteiger partial charge in [0.2, 0.25) is 0 Å². The molecule has 1 N–H and O–H groups in total. The summed E-state index contributed by atoms with van der Waals surface area (Å²) in [4.78, 5) is 15.1. The molecule has 0 aliphatic heterocycles. The Bertz CT molecular complexity index is 494. The summed E-state index contributed by atoms with van der Waals surface area (Å²) < 4.78 is 7.41. The van der Waals surface area contributed by atoms with Crippen LogP contribution in [0.4, 0.5) is 0 Å². The lowest BCUT2D eigenvalue weighted by atomic mass is 9.91. The molecule has 4 nitrogen and oxygen atoms in total. The maximum absolute atomic E-state index is 12.1. The quantitative estimate of drug-likeness (QED) is 0.679. The molecule has 0 saturated carbocycles. The van der Waals surface area contributed by atoms with Crippen LogP contribution in [0.25, 0.3) is 0 Å². The third kappa shape index (κ3) is 3.69. The minimum Gasteiger partial charge on any atom is -0.467 e. The lowest BCUT2D eigenvalue weighted by Crippen LogP contribution is -2.28. The summed E-state index contributed by atoms with van der Waals surface area (Å²) in [7, 11) is 1.42. The first-order valence-electron chi connectivity index (χ1n) is 6.56. The zero-order chi connectivity index (χ0) is 14.8. The van der Waals surface area contributed by atoms with Gasteiger partial charge < -0.3 is 14.3 Å². The number of carbonyl (C=O) groups is 1. The molecule has 1 heterocycles. The summed E-state index contributed by atoms with van der Waals surface area (Å²) in [6.07, 6.45) is 2.60. The topological polar surface area (TPSA) is 47.0 Å². The van der Waals surface area contributed by atoms with Gasteiger partial charge in [-0.1, -0.05) is 34.6 Å². The SMILES string of the molecule is COC(=O)C(CC(C)C)n1c(C(C)(C)C)c[nH]c1=S. The molecule has 0 aliphatic rings. The van der Waals surface area contributed by atoms with E-state index in [0.717, 1.165) is 5.69 Å². The molecule has 108 valence electrons. The van der Waals surface area contributed by atoms with Crippen LogP contribution in [0.5, 0.6) is 0 Å². The van der Waals surface area contributed by atoms with Crippen molar-refractivity contribution >= 4 is 18.2 Å². The predicted octanol–water partition coefficient (Wildman–Crippen LogP) is 3.60. The van der Waals surface area contributed by atoms with Crippen molar-refractivity contribution in [3.05, 3.63) is 16.7 Å². The smallest absolute Gasteiger partial charge is 0.328 e. The second kappa shape index (κ2) is 5.90. The second-order valence-electron chi connectivity index (χ2n) is 6.27. The van der Waals surface area contributed by atoms with Gasteiger partial charge in [-0.05, 0) is 24.6 Å². The van der Waals surface area contributed by atoms with Crippen molar-refractivity contribution in [3.63, 3.8) is 0 Å². The average Bonchev–Trinajstić information content (AvgIpc) is 2.66. The van der Waals surface area contributed by atoms with Gasteiger partial charge in [0.1, 0.15) is 6.04 Å². The highest BCUT2D eigenvalue weighted by atomic mass is 32.1. The average molecular weight is 284 g/mol. The molecule has 0 radical (unpaired) electrons. The Kier molecular flexibility index (Phi) is 4.96. The minimum atomic E-state index is -0.363. The Morgan fingerprint density at radius 2 is 2.05 bits per heavy atom. The van der Waals surface area contributed by atoms with Crippen LogP contribution in [0.3, 0.4) is 0 Å². The molecule has 0 spiro atoms. The largest absolute Gasteiger partial charge is 0.467 e. The number of H-pyrrole nitrogens is 1. The monoisotopic (exact) mass is 284 g/mol. The predicted molar refractivity (Wildman–Crippen MR) is 78.8 cm³/mol. The van der Waals surface area contributed by atoms with Gasteiger partial charge in [0.25, 0.3) is 0 Å². The van der Waals surface area contributed by atoms with E-state index in [1.165, 1.54) is 7.11 Å². The van der Waals surface area contributed by atoms with Gasteiger partial charge in [-0.25, -0.2) is 4.79 Å². The highest BCUT2D eigenvalue weighted by molar-refractivity contribution is 7.71. The molecular weight excluding hydrogens is 260 g/mol. The summed E-state index contributed by atoms with van der Waals surface area (Å²) in [6, 6.07) is -0.363. The van der Waals surface area contributed by atoms with Crippen molar-refractivity contribution in [2.75, 3.05) is 7.11 Å². The van der Waals surface area contributed by atoms with E-state index in [2.05, 4.69) is 39.6 Å². The van der Waals surface area contributed by atoms with Gasteiger partial charge in [-0.2, -0.15) is 0 Å². The number of aromatic amines is 1. The molecule has 0 amide bonds. The first kappa shape index (κ1) is 16.0. The summed E-state index contributed by atoms with van der Waals surface area (Å²) >= 11 is 5.34. The molecule has 1 unspecified atom stereocenters. The molecule has 0 fully saturated rings. The molecule has 5 heteroatoms. The van der Waals surface area contributed by atoms with Crippen LogP contribution in [-0.4, -0.2) is 22.6 Å². The Balaban J connectivity index is 3.34. The number of rotatable bonds is 4. The Labute approximate surface area is 120 Å². The van der Waals surface area contributed by atoms with Crippen molar-refractivity contribution in [2.45, 2.75) is 52.5 Å². The van der Waals surface area contributed by atoms with Gasteiger partial charge in [-0.3, -0.25) is 0 Å². The van der Waals surface area contributed by atoms with E-state index in [9.17, 15) is 4.79 Å². The maximum Gasteiger partial charge on any atom is 0.328 e. The molecule has 1 rings (SSSR count). The van der Waals surface area contributed by atoms with Crippen LogP contribution < -0.4 is 0 Å². The van der Waals surface area contributed by atoms with Gasteiger partial charge in [0, 0.05) is 17.3 Å². The molecule has 0 aromatic carbocycles. The van der Waals surface area contributed by atoms with Crippen molar-refractivity contribution in [1.82, 2.24) is 9.55 Å². The number of ether oxygens (including phenoxy) is 1. The van der Waals surface area contributed by atoms with E-state index in [1.54, 1.807) is 0 Å². The van der Waals surface area contributed by atoms with E-state index in [-0.39, 0.29) is 17.4 Å². The number of carbonyl (C=O) groups excluding carboxylic acids is 1. The van der Waals surface area contributed by atoms with Gasteiger partial charge >= 0.3 is 5.97 Å². The van der Waals surface area contributed by atoms with Crippen molar-refractivity contribution < 1.29 is 9.53 Å². The van der Waals surface area contributed by atoms with E-state index in [4.69, 9.17) is 17.0 Å². The van der Waals surface area contributed by atoms with Crippen LogP contribution in [0, 0.1) is 10.7 Å². The van der Waals surface area contributed by atoms with E-state index in [1.807, 2.05) is 10.8 Å². The lowest BCUT2D eigenvalue weighted by molar-refractivity contribution is -0.145. The molecule has 1 aromatic heterocycles. The van der Waals surface area contributed by atoms with Gasteiger partial charge in [0.05, 0.1) is 7.11 Å². The molecule has 1 atom stereocenters. The van der Waals surface area contributed by atoms with Crippen molar-refractivity contribution in [3.8, 4) is 0 Å². The zero-order valence-corrected chi connectivity index (χ0v) is 13.4. The Hall–Kier alpha value is -1.10. The van der Waals surface area contributed by atoms with E-state index >= 15 is 0 Å². The molecule has 0 aliphatic carbocycles. The summed E-state index contributed by atoms with van der Waals surface area (Å²) in [5, 5.41) is 0. The number of nitrogens with zero attached hydrogens (tertiary/aromatic N) is 1. The number of hydrogen-bond donors (Lipinski definition) is 1. The number of imidazole rings is 1. The number of methoxy groups -OCH3 is 1. The number of esters is 1. The molecular formula is C14H24N2O2S. The first-order chi connectivity index (χ1) is 8.68. The lowest BCUT2D eigenvalue weighted by Gasteiger charge is -2.26.